The third kappa shape index (κ3) is 6.14. The van der Waals surface area contributed by atoms with Crippen molar-refractivity contribution in [1.29, 1.82) is 0 Å². The first-order valence-corrected chi connectivity index (χ1v) is 14.5. The smallest absolute Gasteiger partial charge is 0.325 e. The Morgan fingerprint density at radius 1 is 1.00 bits per heavy atom. The molecule has 1 saturated carbocycles. The number of amides is 2. The molecule has 4 aliphatic heterocycles. The number of carbonyl (C=O) groups is 4. The predicted molar refractivity (Wildman–Crippen MR) is 139 cm³/mol. The maximum Gasteiger partial charge on any atom is 0.325 e. The highest BCUT2D eigenvalue weighted by molar-refractivity contribution is 5.91. The van der Waals surface area contributed by atoms with Gasteiger partial charge in [0, 0.05) is 24.7 Å². The molecule has 226 valence electrons. The lowest BCUT2D eigenvalue weighted by Crippen LogP contribution is -2.70. The van der Waals surface area contributed by atoms with Gasteiger partial charge in [-0.2, -0.15) is 0 Å². The van der Waals surface area contributed by atoms with Gasteiger partial charge >= 0.3 is 11.9 Å². The molecule has 5 rings (SSSR count). The molecule has 1 aliphatic carbocycles. The van der Waals surface area contributed by atoms with Crippen molar-refractivity contribution in [2.75, 3.05) is 0 Å². The fourth-order valence-corrected chi connectivity index (χ4v) is 6.76. The third-order valence-electron chi connectivity index (χ3n) is 8.99. The summed E-state index contributed by atoms with van der Waals surface area (Å²) in [5.41, 5.74) is -0.764. The van der Waals surface area contributed by atoms with E-state index in [1.165, 1.54) is 6.92 Å². The number of hydrogen-bond donors (Lipinski definition) is 3. The number of carbonyl (C=O) groups excluding carboxylic acids is 3. The number of carboxylic acids is 1. The molecule has 2 amide bonds. The maximum atomic E-state index is 12.8. The van der Waals surface area contributed by atoms with Crippen LogP contribution in [0.4, 0.5) is 0 Å². The summed E-state index contributed by atoms with van der Waals surface area (Å²) in [5, 5.41) is 14.1. The van der Waals surface area contributed by atoms with E-state index in [0.29, 0.717) is 18.8 Å². The minimum Gasteiger partial charge on any atom is -0.480 e. The molecule has 40 heavy (non-hydrogen) atoms. The molecule has 0 aromatic rings. The third-order valence-corrected chi connectivity index (χ3v) is 8.99. The number of ether oxygens (including phenoxy) is 3. The zero-order valence-electron chi connectivity index (χ0n) is 24.3. The number of aliphatic carboxylic acids is 1. The van der Waals surface area contributed by atoms with E-state index < -0.39 is 59.8 Å². The lowest BCUT2D eigenvalue weighted by Gasteiger charge is -2.59. The molecule has 0 unspecified atom stereocenters. The van der Waals surface area contributed by atoms with E-state index in [1.54, 1.807) is 0 Å². The van der Waals surface area contributed by atoms with E-state index in [2.05, 4.69) is 17.6 Å². The van der Waals surface area contributed by atoms with E-state index in [1.807, 2.05) is 27.7 Å². The van der Waals surface area contributed by atoms with Crippen LogP contribution in [0, 0.1) is 29.6 Å². The van der Waals surface area contributed by atoms with Crippen LogP contribution in [0.15, 0.2) is 0 Å². The number of hydrogen-bond acceptors (Lipinski definition) is 9. The van der Waals surface area contributed by atoms with Gasteiger partial charge in [0.2, 0.25) is 23.9 Å². The molecule has 0 aromatic heterocycles. The summed E-state index contributed by atoms with van der Waals surface area (Å²) >= 11 is 0. The number of carboxylic acid groups (broad SMARTS) is 1. The molecule has 3 N–H and O–H groups in total. The standard InChI is InChI=1S/C28H44N2O10/c1-14(2)13-20(23(33)29-17(5)24(34)35)30-21(31)9-10-22(32)36-25-16(4)19-8-7-15(3)18-11-12-27(6)38-26(37-25)28(18,19)40-39-27/h14-20,25-26H,7-13H2,1-6H3,(H,29,33)(H,30,31)(H,34,35)/t15-,16-,17-,18+,19-,20+,25-,26+,27-,28-/m1/s1. The van der Waals surface area contributed by atoms with Gasteiger partial charge in [0.15, 0.2) is 11.9 Å². The number of rotatable bonds is 10. The second-order valence-electron chi connectivity index (χ2n) is 12.6. The second-order valence-corrected chi connectivity index (χ2v) is 12.6. The molecule has 5 fully saturated rings. The van der Waals surface area contributed by atoms with Crippen LogP contribution in [0.1, 0.15) is 86.5 Å². The average Bonchev–Trinajstić information content (AvgIpc) is 3.10. The van der Waals surface area contributed by atoms with Crippen LogP contribution in [0.25, 0.3) is 0 Å². The molecule has 5 aliphatic rings. The van der Waals surface area contributed by atoms with Crippen LogP contribution in [0.5, 0.6) is 0 Å². The fraction of sp³-hybridized carbons (Fsp3) is 0.857. The van der Waals surface area contributed by atoms with E-state index in [-0.39, 0.29) is 36.5 Å². The number of nitrogens with one attached hydrogen (secondary N) is 2. The lowest BCUT2D eigenvalue weighted by atomic mass is 9.58. The number of fused-ring (bicyclic) bond motifs is 2. The minimum absolute atomic E-state index is 0.000281. The van der Waals surface area contributed by atoms with Crippen molar-refractivity contribution < 1.29 is 48.3 Å². The quantitative estimate of drug-likeness (QED) is 0.264. The van der Waals surface area contributed by atoms with Gasteiger partial charge in [0.25, 0.3) is 0 Å². The van der Waals surface area contributed by atoms with Crippen molar-refractivity contribution >= 4 is 23.8 Å². The van der Waals surface area contributed by atoms with Crippen LogP contribution in [0.3, 0.4) is 0 Å². The first-order valence-electron chi connectivity index (χ1n) is 14.5. The Hall–Kier alpha value is -2.28. The van der Waals surface area contributed by atoms with Gasteiger partial charge in [0.05, 0.1) is 6.42 Å². The normalized spacial score (nSPS) is 38.0. The van der Waals surface area contributed by atoms with Crippen LogP contribution >= 0.6 is 0 Å². The summed E-state index contributed by atoms with van der Waals surface area (Å²) in [6.45, 7) is 11.1. The first-order chi connectivity index (χ1) is 18.8. The summed E-state index contributed by atoms with van der Waals surface area (Å²) in [5.74, 6) is -3.33. The molecule has 12 nitrogen and oxygen atoms in total. The monoisotopic (exact) mass is 568 g/mol. The summed E-state index contributed by atoms with van der Waals surface area (Å²) in [7, 11) is 0. The molecular formula is C28H44N2O10. The van der Waals surface area contributed by atoms with Crippen LogP contribution in [0.2, 0.25) is 0 Å². The van der Waals surface area contributed by atoms with Crippen molar-refractivity contribution in [3.8, 4) is 0 Å². The maximum absolute atomic E-state index is 12.8. The summed E-state index contributed by atoms with van der Waals surface area (Å²) in [6.07, 6.45) is 1.75. The van der Waals surface area contributed by atoms with E-state index >= 15 is 0 Å². The zero-order chi connectivity index (χ0) is 29.4. The molecule has 0 aromatic carbocycles. The summed E-state index contributed by atoms with van der Waals surface area (Å²) in [4.78, 5) is 61.0. The highest BCUT2D eigenvalue weighted by Gasteiger charge is 2.69. The summed E-state index contributed by atoms with van der Waals surface area (Å²) in [6, 6.07) is -2.02. The molecule has 10 atom stereocenters. The Balaban J connectivity index is 1.35. The SMILES string of the molecule is CC(C)C[C@H](NC(=O)CCC(=O)O[C@@H]1O[C@H]2O[C@@]3(C)CC[C@H]4[C@H](C)CC[C@H]([C@H]1C)[C@@]24OO3)C(=O)N[C@H](C)C(=O)O. The van der Waals surface area contributed by atoms with E-state index in [4.69, 9.17) is 29.1 Å². The van der Waals surface area contributed by atoms with Gasteiger partial charge in [-0.05, 0) is 57.3 Å². The summed E-state index contributed by atoms with van der Waals surface area (Å²) < 4.78 is 18.3. The Morgan fingerprint density at radius 3 is 2.40 bits per heavy atom. The average molecular weight is 569 g/mol. The van der Waals surface area contributed by atoms with Crippen LogP contribution < -0.4 is 10.6 Å². The predicted octanol–water partition coefficient (Wildman–Crippen LogP) is 2.64. The Kier molecular flexibility index (Phi) is 9.13. The zero-order valence-corrected chi connectivity index (χ0v) is 24.3. The second kappa shape index (κ2) is 11.9. The van der Waals surface area contributed by atoms with Gasteiger partial charge < -0.3 is 30.0 Å². The molecule has 1 spiro atoms. The Labute approximate surface area is 235 Å². The molecule has 0 radical (unpaired) electrons. The highest BCUT2D eigenvalue weighted by Crippen LogP contribution is 2.60. The minimum atomic E-state index is -1.18. The van der Waals surface area contributed by atoms with Crippen molar-refractivity contribution in [3.63, 3.8) is 0 Å². The molecule has 12 heteroatoms. The van der Waals surface area contributed by atoms with E-state index in [0.717, 1.165) is 19.3 Å². The Morgan fingerprint density at radius 2 is 1.73 bits per heavy atom. The molecule has 2 bridgehead atoms. The largest absolute Gasteiger partial charge is 0.480 e. The van der Waals surface area contributed by atoms with Crippen molar-refractivity contribution in [1.82, 2.24) is 10.6 Å². The topological polar surface area (TPSA) is 159 Å². The van der Waals surface area contributed by atoms with Gasteiger partial charge in [0.1, 0.15) is 12.1 Å². The fourth-order valence-electron chi connectivity index (χ4n) is 6.76. The van der Waals surface area contributed by atoms with Gasteiger partial charge in [-0.15, -0.1) is 0 Å². The molecular weight excluding hydrogens is 524 g/mol. The van der Waals surface area contributed by atoms with Crippen LogP contribution in [-0.2, 0) is 43.2 Å². The number of esters is 1. The van der Waals surface area contributed by atoms with Gasteiger partial charge in [-0.1, -0.05) is 27.7 Å². The lowest BCUT2D eigenvalue weighted by molar-refractivity contribution is -0.576. The van der Waals surface area contributed by atoms with Crippen molar-refractivity contribution in [2.45, 2.75) is 123 Å². The molecule has 4 heterocycles. The highest BCUT2D eigenvalue weighted by atomic mass is 17.3. The van der Waals surface area contributed by atoms with E-state index in [9.17, 15) is 19.2 Å². The Bertz CT molecular complexity index is 990. The van der Waals surface area contributed by atoms with Crippen molar-refractivity contribution in [2.24, 2.45) is 29.6 Å². The van der Waals surface area contributed by atoms with Crippen molar-refractivity contribution in [3.05, 3.63) is 0 Å². The van der Waals surface area contributed by atoms with Crippen LogP contribution in [-0.4, -0.2) is 64.9 Å². The first kappa shape index (κ1) is 30.7. The molecule has 4 saturated heterocycles. The van der Waals surface area contributed by atoms with Gasteiger partial charge in [-0.3, -0.25) is 19.2 Å². The van der Waals surface area contributed by atoms with Gasteiger partial charge in [-0.25, -0.2) is 9.78 Å².